The molecule has 1 aliphatic carbocycles. The highest BCUT2D eigenvalue weighted by molar-refractivity contribution is 6.00. The van der Waals surface area contributed by atoms with Crippen LogP contribution in [0.1, 0.15) is 87.2 Å². The summed E-state index contributed by atoms with van der Waals surface area (Å²) in [6.07, 6.45) is 7.80. The highest BCUT2D eigenvalue weighted by atomic mass is 16.3. The largest absolute Gasteiger partial charge is 0.507 e. The molecule has 0 saturated carbocycles. The minimum absolute atomic E-state index is 0.0391. The topological polar surface area (TPSA) is 60.5 Å². The molecule has 0 spiro atoms. The van der Waals surface area contributed by atoms with Gasteiger partial charge in [0.2, 0.25) is 0 Å². The highest BCUT2D eigenvalue weighted by Gasteiger charge is 2.39. The van der Waals surface area contributed by atoms with Gasteiger partial charge in [0.15, 0.2) is 0 Å². The zero-order valence-electron chi connectivity index (χ0n) is 18.3. The summed E-state index contributed by atoms with van der Waals surface area (Å²) >= 11 is 0. The van der Waals surface area contributed by atoms with E-state index in [4.69, 9.17) is 0 Å². The van der Waals surface area contributed by atoms with Crippen LogP contribution in [-0.4, -0.2) is 33.6 Å². The molecule has 1 saturated heterocycles. The molecule has 3 atom stereocenters. The number of carbonyl (C=O) groups excluding carboxylic acids is 1. The van der Waals surface area contributed by atoms with Crippen molar-refractivity contribution < 1.29 is 15.0 Å². The van der Waals surface area contributed by atoms with Crippen molar-refractivity contribution in [1.82, 2.24) is 4.90 Å². The van der Waals surface area contributed by atoms with Gasteiger partial charge in [-0.25, -0.2) is 0 Å². The van der Waals surface area contributed by atoms with Gasteiger partial charge in [0.05, 0.1) is 5.56 Å². The molecule has 4 nitrogen and oxygen atoms in total. The SMILES string of the molecule is C=C(C)C1CCC(C)=CC1c1c(O)cc(CCCCC)c(C(=O)N2C[C@@H]2C)c1O. The first kappa shape index (κ1) is 21.5. The Kier molecular flexibility index (Phi) is 6.40. The van der Waals surface area contributed by atoms with E-state index in [1.54, 1.807) is 11.0 Å². The second-order valence-corrected chi connectivity index (χ2v) is 8.99. The van der Waals surface area contributed by atoms with E-state index >= 15 is 0 Å². The first-order chi connectivity index (χ1) is 13.8. The van der Waals surface area contributed by atoms with Crippen molar-refractivity contribution in [3.63, 3.8) is 0 Å². The van der Waals surface area contributed by atoms with Gasteiger partial charge in [0.25, 0.3) is 5.91 Å². The maximum atomic E-state index is 13.2. The van der Waals surface area contributed by atoms with E-state index in [9.17, 15) is 15.0 Å². The molecule has 1 fully saturated rings. The molecular weight excluding hydrogens is 362 g/mol. The molecule has 1 amide bonds. The summed E-state index contributed by atoms with van der Waals surface area (Å²) in [4.78, 5) is 14.9. The molecule has 29 heavy (non-hydrogen) atoms. The number of nitrogens with zero attached hydrogens (tertiary/aromatic N) is 1. The van der Waals surface area contributed by atoms with Gasteiger partial charge in [0.1, 0.15) is 11.5 Å². The number of allylic oxidation sites excluding steroid dienone is 3. The number of phenolic OH excluding ortho intramolecular Hbond substituents is 2. The molecule has 1 heterocycles. The lowest BCUT2D eigenvalue weighted by molar-refractivity contribution is 0.0872. The van der Waals surface area contributed by atoms with E-state index in [1.165, 1.54) is 5.57 Å². The molecule has 2 N–H and O–H groups in total. The number of amides is 1. The smallest absolute Gasteiger partial charge is 0.258 e. The zero-order valence-corrected chi connectivity index (χ0v) is 18.3. The van der Waals surface area contributed by atoms with E-state index < -0.39 is 0 Å². The molecule has 1 aromatic rings. The number of benzene rings is 1. The third-order valence-corrected chi connectivity index (χ3v) is 6.50. The molecule has 1 aliphatic heterocycles. The Bertz CT molecular complexity index is 839. The Hall–Kier alpha value is -2.23. The lowest BCUT2D eigenvalue weighted by atomic mass is 9.73. The van der Waals surface area contributed by atoms with Crippen LogP contribution in [0.3, 0.4) is 0 Å². The summed E-state index contributed by atoms with van der Waals surface area (Å²) < 4.78 is 0. The number of unbranched alkanes of at least 4 members (excludes halogenated alkanes) is 2. The summed E-state index contributed by atoms with van der Waals surface area (Å²) in [6.45, 7) is 13.1. The number of carbonyl (C=O) groups is 1. The lowest BCUT2D eigenvalue weighted by Gasteiger charge is -2.32. The Morgan fingerprint density at radius 1 is 1.31 bits per heavy atom. The fourth-order valence-electron chi connectivity index (χ4n) is 4.62. The van der Waals surface area contributed by atoms with E-state index in [0.29, 0.717) is 17.5 Å². The molecule has 3 rings (SSSR count). The standard InChI is InChI=1S/C25H35NO3/c1-6-7-8-9-18-13-21(27)23(20-12-16(4)10-11-19(20)15(2)3)24(28)22(18)25(29)26-14-17(26)5/h12-13,17,19-20,27-28H,2,6-11,14H2,1,3-5H3/t17-,19?,20?,26?/m0/s1. The minimum Gasteiger partial charge on any atom is -0.507 e. The summed E-state index contributed by atoms with van der Waals surface area (Å²) in [5, 5.41) is 22.2. The van der Waals surface area contributed by atoms with Crippen molar-refractivity contribution in [3.8, 4) is 11.5 Å². The molecule has 4 heteroatoms. The number of aromatic hydroxyl groups is 2. The number of aryl methyl sites for hydroxylation is 1. The second kappa shape index (κ2) is 8.64. The Morgan fingerprint density at radius 2 is 2.00 bits per heavy atom. The molecule has 1 aromatic carbocycles. The Labute approximate surface area is 174 Å². The average Bonchev–Trinajstić information content (AvgIpc) is 3.38. The van der Waals surface area contributed by atoms with Crippen LogP contribution in [0.2, 0.25) is 0 Å². The fourth-order valence-corrected chi connectivity index (χ4v) is 4.62. The van der Waals surface area contributed by atoms with E-state index in [1.807, 2.05) is 13.8 Å². The van der Waals surface area contributed by atoms with E-state index in [0.717, 1.165) is 49.8 Å². The van der Waals surface area contributed by atoms with Crippen molar-refractivity contribution in [2.24, 2.45) is 5.92 Å². The monoisotopic (exact) mass is 397 g/mol. The molecule has 0 aromatic heterocycles. The van der Waals surface area contributed by atoms with Crippen molar-refractivity contribution >= 4 is 5.91 Å². The van der Waals surface area contributed by atoms with Gasteiger partial charge in [-0.3, -0.25) is 4.79 Å². The summed E-state index contributed by atoms with van der Waals surface area (Å²) in [5.74, 6) is -0.0887. The Balaban J connectivity index is 2.11. The number of phenols is 2. The van der Waals surface area contributed by atoms with Crippen LogP contribution in [0, 0.1) is 5.92 Å². The average molecular weight is 398 g/mol. The third-order valence-electron chi connectivity index (χ3n) is 6.50. The van der Waals surface area contributed by atoms with Gasteiger partial charge in [-0.1, -0.05) is 43.6 Å². The molecule has 158 valence electrons. The maximum absolute atomic E-state index is 13.2. The molecule has 0 radical (unpaired) electrons. The van der Waals surface area contributed by atoms with Gasteiger partial charge in [0, 0.05) is 24.1 Å². The molecule has 2 aliphatic rings. The van der Waals surface area contributed by atoms with Gasteiger partial charge in [-0.2, -0.15) is 0 Å². The van der Waals surface area contributed by atoms with Crippen LogP contribution in [0.4, 0.5) is 0 Å². The van der Waals surface area contributed by atoms with Crippen LogP contribution in [0.25, 0.3) is 0 Å². The van der Waals surface area contributed by atoms with E-state index in [-0.39, 0.29) is 35.3 Å². The highest BCUT2D eigenvalue weighted by Crippen LogP contribution is 2.48. The van der Waals surface area contributed by atoms with Gasteiger partial charge < -0.3 is 15.1 Å². The van der Waals surface area contributed by atoms with Crippen molar-refractivity contribution in [2.75, 3.05) is 6.54 Å². The maximum Gasteiger partial charge on any atom is 0.258 e. The van der Waals surface area contributed by atoms with Crippen LogP contribution >= 0.6 is 0 Å². The number of rotatable bonds is 7. The van der Waals surface area contributed by atoms with Crippen molar-refractivity contribution in [1.29, 1.82) is 0 Å². The van der Waals surface area contributed by atoms with Crippen LogP contribution in [-0.2, 0) is 6.42 Å². The summed E-state index contributed by atoms with van der Waals surface area (Å²) in [6, 6.07) is 1.93. The predicted octanol–water partition coefficient (Wildman–Crippen LogP) is 5.69. The van der Waals surface area contributed by atoms with Gasteiger partial charge in [-0.05, 0) is 64.0 Å². The quantitative estimate of drug-likeness (QED) is 0.353. The fraction of sp³-hybridized carbons (Fsp3) is 0.560. The van der Waals surface area contributed by atoms with E-state index in [2.05, 4.69) is 26.5 Å². The Morgan fingerprint density at radius 3 is 2.59 bits per heavy atom. The number of hydrogen-bond donors (Lipinski definition) is 2. The molecule has 0 bridgehead atoms. The minimum atomic E-state index is -0.163. The summed E-state index contributed by atoms with van der Waals surface area (Å²) in [7, 11) is 0. The lowest BCUT2D eigenvalue weighted by Crippen LogP contribution is -2.20. The first-order valence-electron chi connectivity index (χ1n) is 11.0. The van der Waals surface area contributed by atoms with Gasteiger partial charge >= 0.3 is 0 Å². The third kappa shape index (κ3) is 4.36. The number of hydrogen-bond acceptors (Lipinski definition) is 3. The normalized spacial score (nSPS) is 23.7. The van der Waals surface area contributed by atoms with Crippen molar-refractivity contribution in [2.45, 2.75) is 78.2 Å². The van der Waals surface area contributed by atoms with Crippen LogP contribution in [0.5, 0.6) is 11.5 Å². The molecular formula is C25H35NO3. The van der Waals surface area contributed by atoms with Crippen LogP contribution in [0.15, 0.2) is 29.9 Å². The summed E-state index contributed by atoms with van der Waals surface area (Å²) in [5.41, 5.74) is 3.90. The second-order valence-electron chi connectivity index (χ2n) is 8.99. The predicted molar refractivity (Wildman–Crippen MR) is 118 cm³/mol. The van der Waals surface area contributed by atoms with Crippen LogP contribution < -0.4 is 0 Å². The first-order valence-corrected chi connectivity index (χ1v) is 11.0. The van der Waals surface area contributed by atoms with Gasteiger partial charge in [-0.15, -0.1) is 0 Å². The molecule has 2 unspecified atom stereocenters. The van der Waals surface area contributed by atoms with Crippen molar-refractivity contribution in [3.05, 3.63) is 46.6 Å². The zero-order chi connectivity index (χ0) is 21.3.